The third-order valence-corrected chi connectivity index (χ3v) is 4.37. The van der Waals surface area contributed by atoms with Crippen molar-refractivity contribution in [1.29, 1.82) is 0 Å². The molecule has 1 aliphatic heterocycles. The fraction of sp³-hybridized carbons (Fsp3) is 0.235. The summed E-state index contributed by atoms with van der Waals surface area (Å²) in [4.78, 5) is 28.0. The Balaban J connectivity index is 1.51. The summed E-state index contributed by atoms with van der Waals surface area (Å²) in [5.41, 5.74) is 0.597. The minimum absolute atomic E-state index is 0.128. The Labute approximate surface area is 138 Å². The molecule has 0 saturated carbocycles. The van der Waals surface area contributed by atoms with E-state index in [1.54, 1.807) is 6.07 Å². The van der Waals surface area contributed by atoms with Crippen LogP contribution in [0.25, 0.3) is 10.8 Å². The first kappa shape index (κ1) is 15.6. The van der Waals surface area contributed by atoms with Crippen LogP contribution in [0.1, 0.15) is 16.8 Å². The van der Waals surface area contributed by atoms with Crippen molar-refractivity contribution in [2.75, 3.05) is 18.8 Å². The highest BCUT2D eigenvalue weighted by Crippen LogP contribution is 2.15. The fourth-order valence-corrected chi connectivity index (χ4v) is 3.06. The fourth-order valence-electron chi connectivity index (χ4n) is 2.31. The molecule has 0 saturated heterocycles. The van der Waals surface area contributed by atoms with Crippen LogP contribution in [-0.2, 0) is 4.79 Å². The maximum atomic E-state index is 12.1. The first-order valence-corrected chi connectivity index (χ1v) is 8.45. The van der Waals surface area contributed by atoms with Gasteiger partial charge in [0.25, 0.3) is 5.91 Å². The highest BCUT2D eigenvalue weighted by atomic mass is 32.2. The summed E-state index contributed by atoms with van der Waals surface area (Å²) in [5, 5.41) is 8.31. The number of amidine groups is 1. The van der Waals surface area contributed by atoms with E-state index in [4.69, 9.17) is 0 Å². The Kier molecular flexibility index (Phi) is 4.92. The number of nitrogens with one attached hydrogen (secondary N) is 2. The van der Waals surface area contributed by atoms with Gasteiger partial charge in [-0.25, -0.2) is 0 Å². The third-order valence-electron chi connectivity index (χ3n) is 3.48. The normalized spacial score (nSPS) is 13.7. The zero-order valence-corrected chi connectivity index (χ0v) is 13.4. The summed E-state index contributed by atoms with van der Waals surface area (Å²) in [7, 11) is 0. The van der Waals surface area contributed by atoms with Crippen LogP contribution >= 0.6 is 11.8 Å². The molecule has 1 heterocycles. The van der Waals surface area contributed by atoms with E-state index in [0.717, 1.165) is 23.1 Å². The molecule has 0 aromatic heterocycles. The van der Waals surface area contributed by atoms with E-state index < -0.39 is 0 Å². The van der Waals surface area contributed by atoms with Crippen LogP contribution in [-0.4, -0.2) is 35.8 Å². The van der Waals surface area contributed by atoms with Crippen molar-refractivity contribution >= 4 is 39.5 Å². The molecule has 118 valence electrons. The molecule has 0 spiro atoms. The summed E-state index contributed by atoms with van der Waals surface area (Å²) in [6.07, 6.45) is 0.235. The van der Waals surface area contributed by atoms with E-state index in [0.29, 0.717) is 17.3 Å². The summed E-state index contributed by atoms with van der Waals surface area (Å²) in [6.45, 7) is 1.05. The van der Waals surface area contributed by atoms with E-state index in [1.165, 1.54) is 11.8 Å². The predicted octanol–water partition coefficient (Wildman–Crippen LogP) is 2.18. The molecule has 3 rings (SSSR count). The number of rotatable bonds is 4. The van der Waals surface area contributed by atoms with Crippen LogP contribution < -0.4 is 10.6 Å². The molecule has 0 aliphatic carbocycles. The molecule has 1 aliphatic rings. The minimum Gasteiger partial charge on any atom is -0.352 e. The van der Waals surface area contributed by atoms with Crippen molar-refractivity contribution in [3.8, 4) is 0 Å². The first-order chi connectivity index (χ1) is 11.2. The van der Waals surface area contributed by atoms with E-state index >= 15 is 0 Å². The maximum absolute atomic E-state index is 12.1. The van der Waals surface area contributed by atoms with Crippen LogP contribution in [0, 0.1) is 0 Å². The molecular formula is C17H17N3O2S. The van der Waals surface area contributed by atoms with Gasteiger partial charge in [0, 0.05) is 24.3 Å². The molecule has 2 amide bonds. The van der Waals surface area contributed by atoms with Gasteiger partial charge in [-0.3, -0.25) is 14.6 Å². The molecule has 23 heavy (non-hydrogen) atoms. The Hall–Kier alpha value is -2.34. The second-order valence-corrected chi connectivity index (χ2v) is 6.23. The monoisotopic (exact) mass is 327 g/mol. The van der Waals surface area contributed by atoms with Crippen LogP contribution in [0.5, 0.6) is 0 Å². The number of nitrogens with zero attached hydrogens (tertiary/aromatic N) is 1. The Bertz CT molecular complexity index is 773. The number of amides is 2. The van der Waals surface area contributed by atoms with Gasteiger partial charge >= 0.3 is 0 Å². The van der Waals surface area contributed by atoms with Crippen molar-refractivity contribution in [1.82, 2.24) is 10.6 Å². The average Bonchev–Trinajstić information content (AvgIpc) is 3.07. The van der Waals surface area contributed by atoms with Gasteiger partial charge < -0.3 is 10.6 Å². The average molecular weight is 327 g/mol. The van der Waals surface area contributed by atoms with Gasteiger partial charge in [-0.05, 0) is 22.9 Å². The zero-order valence-electron chi connectivity index (χ0n) is 12.5. The number of thioether (sulfide) groups is 1. The van der Waals surface area contributed by atoms with Crippen molar-refractivity contribution in [3.63, 3.8) is 0 Å². The molecule has 0 radical (unpaired) electrons. The van der Waals surface area contributed by atoms with Crippen molar-refractivity contribution in [3.05, 3.63) is 48.0 Å². The summed E-state index contributed by atoms with van der Waals surface area (Å²) in [5.74, 6) is 0.613. The predicted molar refractivity (Wildman–Crippen MR) is 93.8 cm³/mol. The lowest BCUT2D eigenvalue weighted by Gasteiger charge is -2.07. The molecule has 0 atom stereocenters. The summed E-state index contributed by atoms with van der Waals surface area (Å²) in [6, 6.07) is 13.5. The van der Waals surface area contributed by atoms with Crippen LogP contribution in [0.15, 0.2) is 47.5 Å². The smallest absolute Gasteiger partial charge is 0.251 e. The van der Waals surface area contributed by atoms with Crippen LogP contribution in [0.2, 0.25) is 0 Å². The van der Waals surface area contributed by atoms with Crippen LogP contribution in [0.4, 0.5) is 0 Å². The standard InChI is InChI=1S/C17H17N3O2S/c21-15(20-17-19-9-10-23-17)7-8-18-16(22)14-6-5-12-3-1-2-4-13(12)11-14/h1-6,11H,7-10H2,(H,18,22)(H,19,20,21). The zero-order chi connectivity index (χ0) is 16.1. The molecule has 0 unspecified atom stereocenters. The lowest BCUT2D eigenvalue weighted by Crippen LogP contribution is -2.32. The Morgan fingerprint density at radius 3 is 2.74 bits per heavy atom. The van der Waals surface area contributed by atoms with E-state index in [2.05, 4.69) is 15.6 Å². The second-order valence-electron chi connectivity index (χ2n) is 5.15. The maximum Gasteiger partial charge on any atom is 0.251 e. The van der Waals surface area contributed by atoms with Gasteiger partial charge in [0.15, 0.2) is 5.17 Å². The largest absolute Gasteiger partial charge is 0.352 e. The molecule has 2 aromatic carbocycles. The number of fused-ring (bicyclic) bond motifs is 1. The van der Waals surface area contributed by atoms with Gasteiger partial charge in [-0.2, -0.15) is 0 Å². The number of aliphatic imine (C=N–C) groups is 1. The lowest BCUT2D eigenvalue weighted by atomic mass is 10.1. The number of carbonyl (C=O) groups excluding carboxylic acids is 2. The molecule has 0 fully saturated rings. The highest BCUT2D eigenvalue weighted by Gasteiger charge is 2.11. The molecule has 5 nitrogen and oxygen atoms in total. The summed E-state index contributed by atoms with van der Waals surface area (Å²) >= 11 is 1.54. The molecule has 0 bridgehead atoms. The Morgan fingerprint density at radius 1 is 1.13 bits per heavy atom. The number of hydrogen-bond acceptors (Lipinski definition) is 4. The van der Waals surface area contributed by atoms with Gasteiger partial charge in [0.1, 0.15) is 0 Å². The van der Waals surface area contributed by atoms with Crippen molar-refractivity contribution in [2.45, 2.75) is 6.42 Å². The quantitative estimate of drug-likeness (QED) is 0.904. The van der Waals surface area contributed by atoms with Crippen LogP contribution in [0.3, 0.4) is 0 Å². The summed E-state index contributed by atoms with van der Waals surface area (Å²) < 4.78 is 0. The van der Waals surface area contributed by atoms with Gasteiger partial charge in [-0.1, -0.05) is 42.1 Å². The Morgan fingerprint density at radius 2 is 1.96 bits per heavy atom. The topological polar surface area (TPSA) is 70.6 Å². The SMILES string of the molecule is O=C(CCNC(=O)c1ccc2ccccc2c1)NC1=NCCS1. The van der Waals surface area contributed by atoms with Gasteiger partial charge in [0.2, 0.25) is 5.91 Å². The van der Waals surface area contributed by atoms with Gasteiger partial charge in [-0.15, -0.1) is 0 Å². The molecule has 2 aromatic rings. The number of carbonyl (C=O) groups is 2. The van der Waals surface area contributed by atoms with Gasteiger partial charge in [0.05, 0.1) is 6.54 Å². The highest BCUT2D eigenvalue weighted by molar-refractivity contribution is 8.14. The van der Waals surface area contributed by atoms with Crippen molar-refractivity contribution < 1.29 is 9.59 Å². The number of benzene rings is 2. The number of hydrogen-bond donors (Lipinski definition) is 2. The first-order valence-electron chi connectivity index (χ1n) is 7.46. The molecular weight excluding hydrogens is 310 g/mol. The van der Waals surface area contributed by atoms with E-state index in [9.17, 15) is 9.59 Å². The van der Waals surface area contributed by atoms with E-state index in [-0.39, 0.29) is 18.2 Å². The lowest BCUT2D eigenvalue weighted by molar-refractivity contribution is -0.119. The second kappa shape index (κ2) is 7.28. The third kappa shape index (κ3) is 4.10. The van der Waals surface area contributed by atoms with E-state index in [1.807, 2.05) is 36.4 Å². The minimum atomic E-state index is -0.170. The van der Waals surface area contributed by atoms with Crippen molar-refractivity contribution in [2.24, 2.45) is 4.99 Å². The molecule has 2 N–H and O–H groups in total. The molecule has 6 heteroatoms.